The molecule has 0 radical (unpaired) electrons. The Hall–Kier alpha value is -2.66. The Morgan fingerprint density at radius 1 is 1.16 bits per heavy atom. The Morgan fingerprint density at radius 3 is 2.60 bits per heavy atom. The van der Waals surface area contributed by atoms with Gasteiger partial charge in [-0.3, -0.25) is 0 Å². The first-order valence-corrected chi connectivity index (χ1v) is 19.4. The fourth-order valence-corrected chi connectivity index (χ4v) is 5.93. The molecule has 43 heavy (non-hydrogen) atoms. The van der Waals surface area contributed by atoms with Crippen LogP contribution in [0.15, 0.2) is 30.3 Å². The van der Waals surface area contributed by atoms with Crippen LogP contribution >= 0.6 is 11.6 Å². The van der Waals surface area contributed by atoms with Gasteiger partial charge in [0, 0.05) is 39.8 Å². The van der Waals surface area contributed by atoms with Crippen LogP contribution in [-0.4, -0.2) is 78.7 Å². The third kappa shape index (κ3) is 8.94. The van der Waals surface area contributed by atoms with Gasteiger partial charge in [-0.15, -0.1) is 11.6 Å². The number of anilines is 1. The van der Waals surface area contributed by atoms with E-state index in [2.05, 4.69) is 48.2 Å². The molecule has 0 aromatic carbocycles. The quantitative estimate of drug-likeness (QED) is 0.127. The summed E-state index contributed by atoms with van der Waals surface area (Å²) in [7, 11) is 0.519. The molecule has 0 saturated carbocycles. The van der Waals surface area contributed by atoms with E-state index >= 15 is 0 Å². The maximum absolute atomic E-state index is 12.8. The van der Waals surface area contributed by atoms with E-state index in [1.807, 2.05) is 39.0 Å². The van der Waals surface area contributed by atoms with Gasteiger partial charge in [-0.1, -0.05) is 26.6 Å². The Balaban J connectivity index is 1.68. The topological polar surface area (TPSA) is 82.0 Å². The first-order valence-electron chi connectivity index (χ1n) is 15.2. The predicted octanol–water partition coefficient (Wildman–Crippen LogP) is 7.13. The summed E-state index contributed by atoms with van der Waals surface area (Å²) in [4.78, 5) is 26.8. The Morgan fingerprint density at radius 2 is 1.93 bits per heavy atom. The number of ether oxygens (including phenoxy) is 3. The molecule has 3 aromatic heterocycles. The van der Waals surface area contributed by atoms with E-state index in [4.69, 9.17) is 35.8 Å². The predicted molar refractivity (Wildman–Crippen MR) is 177 cm³/mol. The first kappa shape index (κ1) is 33.2. The zero-order valence-corrected chi connectivity index (χ0v) is 28.8. The smallest absolute Gasteiger partial charge is 0.410 e. The summed E-state index contributed by atoms with van der Waals surface area (Å²) in [6, 6.07) is 11.5. The molecule has 4 heterocycles. The number of morpholine rings is 1. The van der Waals surface area contributed by atoms with Gasteiger partial charge in [0.1, 0.15) is 18.1 Å². The molecule has 1 saturated heterocycles. The Kier molecular flexibility index (Phi) is 10.8. The molecule has 236 valence electrons. The van der Waals surface area contributed by atoms with Crippen LogP contribution in [0.5, 0.6) is 0 Å². The lowest BCUT2D eigenvalue weighted by atomic mass is 10.1. The summed E-state index contributed by atoms with van der Waals surface area (Å²) in [5.74, 6) is 1.29. The molecule has 1 amide bonds. The van der Waals surface area contributed by atoms with E-state index in [0.29, 0.717) is 39.0 Å². The fraction of sp³-hybridized carbons (Fsp3) is 0.594. The minimum Gasteiger partial charge on any atom is -0.444 e. The van der Waals surface area contributed by atoms with E-state index in [1.165, 1.54) is 0 Å². The van der Waals surface area contributed by atoms with Gasteiger partial charge in [0.25, 0.3) is 0 Å². The molecule has 1 atom stereocenters. The van der Waals surface area contributed by atoms with E-state index < -0.39 is 13.7 Å². The number of hydrogen-bond donors (Lipinski definition) is 0. The number of fused-ring (bicyclic) bond motifs is 1. The molecular formula is C32H48ClN5O4Si. The summed E-state index contributed by atoms with van der Waals surface area (Å²) in [5.41, 5.74) is 4.65. The Bertz CT molecular complexity index is 1400. The van der Waals surface area contributed by atoms with Crippen LogP contribution in [0.4, 0.5) is 10.6 Å². The monoisotopic (exact) mass is 629 g/mol. The van der Waals surface area contributed by atoms with Gasteiger partial charge in [-0.25, -0.2) is 14.8 Å². The average Bonchev–Trinajstić information content (AvgIpc) is 3.29. The van der Waals surface area contributed by atoms with Crippen molar-refractivity contribution in [2.24, 2.45) is 0 Å². The number of halogens is 1. The van der Waals surface area contributed by atoms with Crippen LogP contribution in [-0.2, 0) is 33.4 Å². The van der Waals surface area contributed by atoms with E-state index in [9.17, 15) is 4.79 Å². The molecule has 0 unspecified atom stereocenters. The standard InChI is InChI=1S/C32H48ClN5O4Si/c1-9-24-21-40-13-12-37(24)30-17-23(19-33)16-27(35-30)26-10-11-29-28(34-26)18-25(20-36(5)31(39)42-32(2,3)4)38(29)22-41-14-15-43(6,7)8/h10-11,16-18,24H,9,12-15,19-22H2,1-8H3/t24-/m0/s1. The minimum absolute atomic E-state index is 0.273. The van der Waals surface area contributed by atoms with Gasteiger partial charge in [-0.2, -0.15) is 0 Å². The second kappa shape index (κ2) is 14.0. The SMILES string of the molecule is CC[C@H]1COCCN1c1cc(CCl)cc(-c2ccc3c(cc(CN(C)C(=O)OC(C)(C)C)n3COCC[Si](C)(C)C)n2)n1. The maximum atomic E-state index is 12.8. The second-order valence-electron chi connectivity index (χ2n) is 13.5. The van der Waals surface area contributed by atoms with Gasteiger partial charge in [0.05, 0.1) is 48.2 Å². The molecule has 3 aromatic rings. The highest BCUT2D eigenvalue weighted by Crippen LogP contribution is 2.29. The summed E-state index contributed by atoms with van der Waals surface area (Å²) in [6.45, 7) is 18.4. The highest BCUT2D eigenvalue weighted by molar-refractivity contribution is 6.76. The molecule has 0 N–H and O–H groups in total. The van der Waals surface area contributed by atoms with Gasteiger partial charge in [0.15, 0.2) is 0 Å². The van der Waals surface area contributed by atoms with Crippen molar-refractivity contribution in [3.63, 3.8) is 0 Å². The van der Waals surface area contributed by atoms with Gasteiger partial charge in [-0.05, 0) is 69.1 Å². The molecule has 9 nitrogen and oxygen atoms in total. The van der Waals surface area contributed by atoms with Gasteiger partial charge >= 0.3 is 6.09 Å². The van der Waals surface area contributed by atoms with Crippen molar-refractivity contribution in [2.75, 3.05) is 38.3 Å². The first-order chi connectivity index (χ1) is 20.3. The van der Waals surface area contributed by atoms with Crippen LogP contribution in [0.2, 0.25) is 25.7 Å². The van der Waals surface area contributed by atoms with Crippen LogP contribution in [0, 0.1) is 0 Å². The van der Waals surface area contributed by atoms with Crippen LogP contribution in [0.25, 0.3) is 22.4 Å². The second-order valence-corrected chi connectivity index (χ2v) is 19.4. The minimum atomic E-state index is -1.23. The van der Waals surface area contributed by atoms with Crippen molar-refractivity contribution in [1.82, 2.24) is 19.4 Å². The van der Waals surface area contributed by atoms with Crippen molar-refractivity contribution >= 4 is 42.6 Å². The number of aromatic nitrogens is 3. The van der Waals surface area contributed by atoms with Crippen molar-refractivity contribution in [3.05, 3.63) is 41.6 Å². The fourth-order valence-electron chi connectivity index (χ4n) is 5.02. The largest absolute Gasteiger partial charge is 0.444 e. The van der Waals surface area contributed by atoms with E-state index in [0.717, 1.165) is 58.5 Å². The highest BCUT2D eigenvalue weighted by Gasteiger charge is 2.25. The molecule has 1 aliphatic rings. The number of pyridine rings is 2. The lowest BCUT2D eigenvalue weighted by molar-refractivity contribution is 0.0274. The number of rotatable bonds is 11. The highest BCUT2D eigenvalue weighted by atomic mass is 35.5. The summed E-state index contributed by atoms with van der Waals surface area (Å²) >= 11 is 6.34. The van der Waals surface area contributed by atoms with Crippen LogP contribution in [0.3, 0.4) is 0 Å². The molecule has 1 aliphatic heterocycles. The lowest BCUT2D eigenvalue weighted by Gasteiger charge is -2.36. The summed E-state index contributed by atoms with van der Waals surface area (Å²) in [5, 5.41) is 0. The number of nitrogens with zero attached hydrogens (tertiary/aromatic N) is 5. The van der Waals surface area contributed by atoms with Gasteiger partial charge in [0.2, 0.25) is 0 Å². The Labute approximate surface area is 262 Å². The van der Waals surface area contributed by atoms with E-state index in [-0.39, 0.29) is 12.1 Å². The van der Waals surface area contributed by atoms with E-state index in [1.54, 1.807) is 11.9 Å². The molecule has 0 bridgehead atoms. The number of alkyl halides is 1. The third-order valence-corrected chi connectivity index (χ3v) is 9.46. The number of amides is 1. The molecule has 11 heteroatoms. The third-order valence-electron chi connectivity index (χ3n) is 7.45. The lowest BCUT2D eigenvalue weighted by Crippen LogP contribution is -2.45. The zero-order valence-electron chi connectivity index (χ0n) is 27.1. The average molecular weight is 630 g/mol. The number of carbonyl (C=O) groups is 1. The van der Waals surface area contributed by atoms with Crippen molar-refractivity contribution < 1.29 is 19.0 Å². The zero-order chi connectivity index (χ0) is 31.4. The molecule has 0 spiro atoms. The number of carbonyl (C=O) groups excluding carboxylic acids is 1. The molecule has 4 rings (SSSR count). The maximum Gasteiger partial charge on any atom is 0.410 e. The molecule has 0 aliphatic carbocycles. The van der Waals surface area contributed by atoms with Crippen molar-refractivity contribution in [1.29, 1.82) is 0 Å². The summed E-state index contributed by atoms with van der Waals surface area (Å²) < 4.78 is 19.6. The van der Waals surface area contributed by atoms with Crippen molar-refractivity contribution in [2.45, 2.75) is 90.6 Å². The van der Waals surface area contributed by atoms with Crippen LogP contribution in [0.1, 0.15) is 45.4 Å². The summed E-state index contributed by atoms with van der Waals surface area (Å²) in [6.07, 6.45) is 0.598. The van der Waals surface area contributed by atoms with Crippen molar-refractivity contribution in [3.8, 4) is 11.4 Å². The number of hydrogen-bond acceptors (Lipinski definition) is 7. The normalized spacial score (nSPS) is 16.1. The molecular weight excluding hydrogens is 582 g/mol. The van der Waals surface area contributed by atoms with Crippen LogP contribution < -0.4 is 4.90 Å². The van der Waals surface area contributed by atoms with Gasteiger partial charge < -0.3 is 28.6 Å². The molecule has 1 fully saturated rings.